The minimum Gasteiger partial charge on any atom is -0.394 e. The molecule has 17 heavy (non-hydrogen) atoms. The average Bonchev–Trinajstić information content (AvgIpc) is 2.66. The Morgan fingerprint density at radius 1 is 1.47 bits per heavy atom. The van der Waals surface area contributed by atoms with Gasteiger partial charge < -0.3 is 15.2 Å². The smallest absolute Gasteiger partial charge is 0.116 e. The SMILES string of the molecule is Cc1nc(C(C)C)n2cccc(C(N)CO)c12. The molecule has 0 bridgehead atoms. The summed E-state index contributed by atoms with van der Waals surface area (Å²) in [5.41, 5.74) is 8.87. The summed E-state index contributed by atoms with van der Waals surface area (Å²) in [6.45, 7) is 6.16. The predicted molar refractivity (Wildman–Crippen MR) is 68.0 cm³/mol. The van der Waals surface area contributed by atoms with E-state index in [1.807, 2.05) is 25.3 Å². The summed E-state index contributed by atoms with van der Waals surface area (Å²) in [7, 11) is 0. The van der Waals surface area contributed by atoms with Crippen LogP contribution in [0.15, 0.2) is 18.3 Å². The molecular formula is C13H19N3O. The third kappa shape index (κ3) is 1.94. The Bertz CT molecular complexity index is 531. The standard InChI is InChI=1S/C13H19N3O/c1-8(2)13-15-9(3)12-10(11(14)7-17)5-4-6-16(12)13/h4-6,8,11,17H,7,14H2,1-3H3. The molecule has 0 fully saturated rings. The van der Waals surface area contributed by atoms with Crippen molar-refractivity contribution in [1.82, 2.24) is 9.38 Å². The third-order valence-corrected chi connectivity index (χ3v) is 3.01. The van der Waals surface area contributed by atoms with Gasteiger partial charge in [0.25, 0.3) is 0 Å². The first-order chi connectivity index (χ1) is 8.06. The van der Waals surface area contributed by atoms with Crippen molar-refractivity contribution in [3.05, 3.63) is 35.4 Å². The van der Waals surface area contributed by atoms with Crippen LogP contribution >= 0.6 is 0 Å². The minimum atomic E-state index is -0.353. The summed E-state index contributed by atoms with van der Waals surface area (Å²) in [4.78, 5) is 4.59. The minimum absolute atomic E-state index is 0.0543. The highest BCUT2D eigenvalue weighted by Gasteiger charge is 2.16. The van der Waals surface area contributed by atoms with E-state index in [4.69, 9.17) is 5.73 Å². The van der Waals surface area contributed by atoms with Crippen LogP contribution in [0.1, 0.15) is 42.9 Å². The number of rotatable bonds is 3. The molecule has 0 saturated heterocycles. The molecule has 0 spiro atoms. The van der Waals surface area contributed by atoms with E-state index in [9.17, 15) is 5.11 Å². The maximum absolute atomic E-state index is 9.20. The van der Waals surface area contributed by atoms with E-state index >= 15 is 0 Å². The van der Waals surface area contributed by atoms with Crippen molar-refractivity contribution in [3.63, 3.8) is 0 Å². The zero-order valence-electron chi connectivity index (χ0n) is 10.5. The van der Waals surface area contributed by atoms with E-state index in [-0.39, 0.29) is 12.6 Å². The Balaban J connectivity index is 2.73. The number of aromatic nitrogens is 2. The van der Waals surface area contributed by atoms with Gasteiger partial charge in [0, 0.05) is 12.1 Å². The molecule has 2 aromatic rings. The molecule has 2 rings (SSSR count). The number of aliphatic hydroxyl groups excluding tert-OH is 1. The number of hydrogen-bond acceptors (Lipinski definition) is 3. The summed E-state index contributed by atoms with van der Waals surface area (Å²) in [6.07, 6.45) is 2.00. The molecule has 4 heteroatoms. The van der Waals surface area contributed by atoms with Gasteiger partial charge in [-0.1, -0.05) is 19.9 Å². The molecule has 0 aliphatic rings. The Hall–Kier alpha value is -1.39. The monoisotopic (exact) mass is 233 g/mol. The van der Waals surface area contributed by atoms with Gasteiger partial charge in [0.15, 0.2) is 0 Å². The van der Waals surface area contributed by atoms with Crippen LogP contribution < -0.4 is 5.73 Å². The number of pyridine rings is 1. The maximum atomic E-state index is 9.20. The van der Waals surface area contributed by atoms with Crippen molar-refractivity contribution in [1.29, 1.82) is 0 Å². The van der Waals surface area contributed by atoms with Gasteiger partial charge in [0.2, 0.25) is 0 Å². The number of aryl methyl sites for hydroxylation is 1. The number of hydrogen-bond donors (Lipinski definition) is 2. The topological polar surface area (TPSA) is 63.5 Å². The lowest BCUT2D eigenvalue weighted by Gasteiger charge is -2.12. The molecule has 2 aromatic heterocycles. The number of nitrogens with two attached hydrogens (primary N) is 1. The van der Waals surface area contributed by atoms with Crippen LogP contribution in [0.3, 0.4) is 0 Å². The van der Waals surface area contributed by atoms with Crippen molar-refractivity contribution < 1.29 is 5.11 Å². The predicted octanol–water partition coefficient (Wildman–Crippen LogP) is 1.76. The highest BCUT2D eigenvalue weighted by atomic mass is 16.3. The fourth-order valence-electron chi connectivity index (χ4n) is 2.18. The lowest BCUT2D eigenvalue weighted by Crippen LogP contribution is -2.15. The Morgan fingerprint density at radius 3 is 2.76 bits per heavy atom. The van der Waals surface area contributed by atoms with Crippen molar-refractivity contribution in [3.8, 4) is 0 Å². The molecule has 0 saturated carbocycles. The van der Waals surface area contributed by atoms with Crippen molar-refractivity contribution >= 4 is 5.52 Å². The molecule has 92 valence electrons. The van der Waals surface area contributed by atoms with Gasteiger partial charge in [-0.05, 0) is 18.6 Å². The normalized spacial score (nSPS) is 13.5. The number of aliphatic hydroxyl groups is 1. The number of imidazole rings is 1. The summed E-state index contributed by atoms with van der Waals surface area (Å²) in [5.74, 6) is 1.39. The van der Waals surface area contributed by atoms with Gasteiger partial charge in [-0.2, -0.15) is 0 Å². The Morgan fingerprint density at radius 2 is 2.18 bits per heavy atom. The molecule has 1 atom stereocenters. The summed E-state index contributed by atoms with van der Waals surface area (Å²) >= 11 is 0. The van der Waals surface area contributed by atoms with Gasteiger partial charge in [0.05, 0.1) is 23.9 Å². The van der Waals surface area contributed by atoms with E-state index in [2.05, 4.69) is 23.2 Å². The van der Waals surface area contributed by atoms with Gasteiger partial charge in [0.1, 0.15) is 5.82 Å². The average molecular weight is 233 g/mol. The van der Waals surface area contributed by atoms with E-state index in [0.717, 1.165) is 22.6 Å². The highest BCUT2D eigenvalue weighted by molar-refractivity contribution is 5.61. The lowest BCUT2D eigenvalue weighted by molar-refractivity contribution is 0.268. The molecule has 1 unspecified atom stereocenters. The molecular weight excluding hydrogens is 214 g/mol. The van der Waals surface area contributed by atoms with Gasteiger partial charge in [-0.15, -0.1) is 0 Å². The largest absolute Gasteiger partial charge is 0.394 e. The molecule has 0 aromatic carbocycles. The zero-order chi connectivity index (χ0) is 12.6. The first-order valence-corrected chi connectivity index (χ1v) is 5.90. The summed E-state index contributed by atoms with van der Waals surface area (Å²) in [5, 5.41) is 9.20. The first-order valence-electron chi connectivity index (χ1n) is 5.90. The summed E-state index contributed by atoms with van der Waals surface area (Å²) in [6, 6.07) is 3.55. The number of fused-ring (bicyclic) bond motifs is 1. The lowest BCUT2D eigenvalue weighted by atomic mass is 10.1. The second-order valence-corrected chi connectivity index (χ2v) is 4.68. The molecule has 3 N–H and O–H groups in total. The fraction of sp³-hybridized carbons (Fsp3) is 0.462. The third-order valence-electron chi connectivity index (χ3n) is 3.01. The number of nitrogens with zero attached hydrogens (tertiary/aromatic N) is 2. The van der Waals surface area contributed by atoms with Crippen LogP contribution in [0, 0.1) is 6.92 Å². The molecule has 0 aliphatic carbocycles. The van der Waals surface area contributed by atoms with E-state index in [0.29, 0.717) is 5.92 Å². The van der Waals surface area contributed by atoms with Crippen LogP contribution in [0.5, 0.6) is 0 Å². The quantitative estimate of drug-likeness (QED) is 0.849. The van der Waals surface area contributed by atoms with Gasteiger partial charge in [-0.3, -0.25) is 0 Å². The van der Waals surface area contributed by atoms with Crippen molar-refractivity contribution in [2.24, 2.45) is 5.73 Å². The maximum Gasteiger partial charge on any atom is 0.116 e. The van der Waals surface area contributed by atoms with E-state index in [1.54, 1.807) is 0 Å². The highest BCUT2D eigenvalue weighted by Crippen LogP contribution is 2.24. The second kappa shape index (κ2) is 4.47. The Labute approximate surface area is 101 Å². The van der Waals surface area contributed by atoms with Crippen LogP contribution in [0.4, 0.5) is 0 Å². The van der Waals surface area contributed by atoms with E-state index in [1.165, 1.54) is 0 Å². The van der Waals surface area contributed by atoms with Crippen LogP contribution in [0.2, 0.25) is 0 Å². The van der Waals surface area contributed by atoms with E-state index < -0.39 is 0 Å². The molecule has 0 radical (unpaired) electrons. The molecule has 4 nitrogen and oxygen atoms in total. The first kappa shape index (κ1) is 12.1. The van der Waals surface area contributed by atoms with Crippen LogP contribution in [-0.2, 0) is 0 Å². The molecule has 0 aliphatic heterocycles. The molecule has 2 heterocycles. The van der Waals surface area contributed by atoms with Crippen molar-refractivity contribution in [2.45, 2.75) is 32.7 Å². The second-order valence-electron chi connectivity index (χ2n) is 4.68. The van der Waals surface area contributed by atoms with Gasteiger partial charge >= 0.3 is 0 Å². The van der Waals surface area contributed by atoms with Crippen LogP contribution in [0.25, 0.3) is 5.52 Å². The van der Waals surface area contributed by atoms with Gasteiger partial charge in [-0.25, -0.2) is 4.98 Å². The zero-order valence-corrected chi connectivity index (χ0v) is 10.5. The molecule has 0 amide bonds. The summed E-state index contributed by atoms with van der Waals surface area (Å²) < 4.78 is 2.07. The Kier molecular flexibility index (Phi) is 3.17. The van der Waals surface area contributed by atoms with Crippen molar-refractivity contribution in [2.75, 3.05) is 6.61 Å². The fourth-order valence-corrected chi connectivity index (χ4v) is 2.18. The van der Waals surface area contributed by atoms with Crippen LogP contribution in [-0.4, -0.2) is 21.1 Å².